The number of carbonyl (C=O) groups is 2. The van der Waals surface area contributed by atoms with Crippen LogP contribution < -0.4 is 15.2 Å². The fourth-order valence-electron chi connectivity index (χ4n) is 2.57. The van der Waals surface area contributed by atoms with Gasteiger partial charge in [-0.3, -0.25) is 4.79 Å². The minimum absolute atomic E-state index is 0.107. The van der Waals surface area contributed by atoms with E-state index in [2.05, 4.69) is 0 Å². The van der Waals surface area contributed by atoms with Gasteiger partial charge in [-0.1, -0.05) is 36.4 Å². The fourth-order valence-corrected chi connectivity index (χ4v) is 2.57. The van der Waals surface area contributed by atoms with Crippen LogP contribution in [0.3, 0.4) is 0 Å². The molecule has 26 heavy (non-hydrogen) atoms. The Labute approximate surface area is 152 Å². The summed E-state index contributed by atoms with van der Waals surface area (Å²) in [5, 5.41) is 0. The molecule has 2 atom stereocenters. The van der Waals surface area contributed by atoms with Crippen molar-refractivity contribution in [2.75, 3.05) is 13.7 Å². The number of nitrogens with two attached hydrogens (primary N) is 1. The molecule has 0 bridgehead atoms. The van der Waals surface area contributed by atoms with E-state index in [-0.39, 0.29) is 6.61 Å². The van der Waals surface area contributed by atoms with Crippen LogP contribution in [-0.2, 0) is 20.9 Å². The summed E-state index contributed by atoms with van der Waals surface area (Å²) in [6.45, 7) is 2.38. The maximum absolute atomic E-state index is 12.6. The molecule has 0 spiro atoms. The molecule has 2 unspecified atom stereocenters. The predicted molar refractivity (Wildman–Crippen MR) is 97.2 cm³/mol. The number of aldehydes is 1. The Kier molecular flexibility index (Phi) is 7.17. The van der Waals surface area contributed by atoms with Gasteiger partial charge in [-0.25, -0.2) is 0 Å². The van der Waals surface area contributed by atoms with E-state index in [9.17, 15) is 9.59 Å². The van der Waals surface area contributed by atoms with Crippen LogP contribution in [-0.4, -0.2) is 32.0 Å². The van der Waals surface area contributed by atoms with Crippen molar-refractivity contribution in [2.24, 2.45) is 5.73 Å². The van der Waals surface area contributed by atoms with Gasteiger partial charge in [-0.05, 0) is 30.2 Å². The molecule has 6 nitrogen and oxygen atoms in total. The molecule has 0 saturated carbocycles. The molecule has 0 aliphatic rings. The fraction of sp³-hybridized carbons (Fsp3) is 0.300. The van der Waals surface area contributed by atoms with E-state index < -0.39 is 17.9 Å². The maximum Gasteiger partial charge on any atom is 0.315 e. The number of hydrogen-bond donors (Lipinski definition) is 1. The average molecular weight is 357 g/mol. The van der Waals surface area contributed by atoms with E-state index in [0.29, 0.717) is 30.0 Å². The lowest BCUT2D eigenvalue weighted by atomic mass is 9.92. The second-order valence-electron chi connectivity index (χ2n) is 5.63. The summed E-state index contributed by atoms with van der Waals surface area (Å²) in [4.78, 5) is 23.9. The van der Waals surface area contributed by atoms with Crippen molar-refractivity contribution in [3.8, 4) is 11.5 Å². The lowest BCUT2D eigenvalue weighted by Gasteiger charge is -2.20. The number of ether oxygens (including phenoxy) is 3. The first-order valence-corrected chi connectivity index (χ1v) is 8.32. The summed E-state index contributed by atoms with van der Waals surface area (Å²) in [6.07, 6.45) is 0.541. The van der Waals surface area contributed by atoms with E-state index in [4.69, 9.17) is 19.9 Å². The third-order valence-corrected chi connectivity index (χ3v) is 3.87. The molecule has 0 aliphatic carbocycles. The molecule has 0 amide bonds. The van der Waals surface area contributed by atoms with Crippen molar-refractivity contribution in [1.82, 2.24) is 0 Å². The van der Waals surface area contributed by atoms with Gasteiger partial charge in [-0.15, -0.1) is 0 Å². The van der Waals surface area contributed by atoms with E-state index in [0.717, 1.165) is 5.56 Å². The molecule has 0 fully saturated rings. The predicted octanol–water partition coefficient (Wildman–Crippen LogP) is 2.45. The molecule has 2 aromatic rings. The quantitative estimate of drug-likeness (QED) is 0.548. The SMILES string of the molecule is CCOc1cc(C(C(=O)OCc2ccccc2)C(N)C=O)ccc1OC. The second-order valence-corrected chi connectivity index (χ2v) is 5.63. The highest BCUT2D eigenvalue weighted by atomic mass is 16.5. The second kappa shape index (κ2) is 9.58. The molecule has 2 N–H and O–H groups in total. The van der Waals surface area contributed by atoms with E-state index in [1.54, 1.807) is 18.2 Å². The minimum atomic E-state index is -1.03. The Morgan fingerprint density at radius 2 is 1.88 bits per heavy atom. The standard InChI is InChI=1S/C20H23NO5/c1-3-25-18-11-15(9-10-17(18)24-2)19(16(21)12-22)20(23)26-13-14-7-5-4-6-8-14/h4-12,16,19H,3,13,21H2,1-2H3. The molecule has 0 aromatic heterocycles. The van der Waals surface area contributed by atoms with E-state index in [1.165, 1.54) is 7.11 Å². The molecule has 2 rings (SSSR count). The van der Waals surface area contributed by atoms with Crippen LogP contribution in [0.15, 0.2) is 48.5 Å². The summed E-state index contributed by atoms with van der Waals surface area (Å²) in [7, 11) is 1.53. The van der Waals surface area contributed by atoms with Crippen LogP contribution >= 0.6 is 0 Å². The first kappa shape index (κ1) is 19.5. The van der Waals surface area contributed by atoms with Crippen molar-refractivity contribution in [1.29, 1.82) is 0 Å². The first-order chi connectivity index (χ1) is 12.6. The van der Waals surface area contributed by atoms with Gasteiger partial charge in [0.2, 0.25) is 0 Å². The van der Waals surface area contributed by atoms with Gasteiger partial charge in [0.1, 0.15) is 18.8 Å². The Bertz CT molecular complexity index is 732. The molecule has 0 radical (unpaired) electrons. The Morgan fingerprint density at radius 1 is 1.15 bits per heavy atom. The minimum Gasteiger partial charge on any atom is -0.493 e. The molecule has 6 heteroatoms. The third kappa shape index (κ3) is 4.83. The van der Waals surface area contributed by atoms with Crippen LogP contribution in [0.25, 0.3) is 0 Å². The topological polar surface area (TPSA) is 87.9 Å². The normalized spacial score (nSPS) is 12.7. The van der Waals surface area contributed by atoms with Crippen molar-refractivity contribution < 1.29 is 23.8 Å². The Balaban J connectivity index is 2.24. The number of hydrogen-bond acceptors (Lipinski definition) is 6. The van der Waals surface area contributed by atoms with Gasteiger partial charge < -0.3 is 24.7 Å². The molecule has 0 aliphatic heterocycles. The zero-order valence-electron chi connectivity index (χ0n) is 14.9. The van der Waals surface area contributed by atoms with E-state index in [1.807, 2.05) is 37.3 Å². The number of benzene rings is 2. The number of esters is 1. The highest BCUT2D eigenvalue weighted by Crippen LogP contribution is 2.32. The summed E-state index contributed by atoms with van der Waals surface area (Å²) in [5.74, 6) is -0.486. The Morgan fingerprint density at radius 3 is 2.50 bits per heavy atom. The maximum atomic E-state index is 12.6. The lowest BCUT2D eigenvalue weighted by Crippen LogP contribution is -2.36. The smallest absolute Gasteiger partial charge is 0.315 e. The monoisotopic (exact) mass is 357 g/mol. The number of methoxy groups -OCH3 is 1. The van der Waals surface area contributed by atoms with E-state index >= 15 is 0 Å². The molecular formula is C20H23NO5. The van der Waals surface area contributed by atoms with Gasteiger partial charge >= 0.3 is 5.97 Å². The van der Waals surface area contributed by atoms with Crippen LogP contribution in [0, 0.1) is 0 Å². The van der Waals surface area contributed by atoms with Crippen molar-refractivity contribution in [3.05, 3.63) is 59.7 Å². The third-order valence-electron chi connectivity index (χ3n) is 3.87. The van der Waals surface area contributed by atoms with Crippen molar-refractivity contribution >= 4 is 12.3 Å². The van der Waals surface area contributed by atoms with Crippen LogP contribution in [0.5, 0.6) is 11.5 Å². The van der Waals surface area contributed by atoms with Crippen LogP contribution in [0.2, 0.25) is 0 Å². The zero-order valence-corrected chi connectivity index (χ0v) is 14.9. The number of carbonyl (C=O) groups excluding carboxylic acids is 2. The molecular weight excluding hydrogens is 334 g/mol. The highest BCUT2D eigenvalue weighted by molar-refractivity contribution is 5.84. The van der Waals surface area contributed by atoms with Gasteiger partial charge in [0, 0.05) is 0 Å². The lowest BCUT2D eigenvalue weighted by molar-refractivity contribution is -0.148. The summed E-state index contributed by atoms with van der Waals surface area (Å²) in [6, 6.07) is 13.3. The van der Waals surface area contributed by atoms with Crippen LogP contribution in [0.4, 0.5) is 0 Å². The zero-order chi connectivity index (χ0) is 18.9. The van der Waals surface area contributed by atoms with Gasteiger partial charge in [0.05, 0.1) is 19.8 Å². The molecule has 0 saturated heterocycles. The van der Waals surface area contributed by atoms with Crippen LogP contribution in [0.1, 0.15) is 24.0 Å². The van der Waals surface area contributed by atoms with Crippen molar-refractivity contribution in [2.45, 2.75) is 25.5 Å². The summed E-state index contributed by atoms with van der Waals surface area (Å²) >= 11 is 0. The summed E-state index contributed by atoms with van der Waals surface area (Å²) < 4.78 is 16.2. The molecule has 2 aromatic carbocycles. The van der Waals surface area contributed by atoms with Gasteiger partial charge in [0.15, 0.2) is 11.5 Å². The number of rotatable bonds is 9. The molecule has 138 valence electrons. The Hall–Kier alpha value is -2.86. The molecule has 0 heterocycles. The van der Waals surface area contributed by atoms with Gasteiger partial charge in [-0.2, -0.15) is 0 Å². The van der Waals surface area contributed by atoms with Crippen molar-refractivity contribution in [3.63, 3.8) is 0 Å². The largest absolute Gasteiger partial charge is 0.493 e. The average Bonchev–Trinajstić information content (AvgIpc) is 2.67. The summed E-state index contributed by atoms with van der Waals surface area (Å²) in [5.41, 5.74) is 7.26. The highest BCUT2D eigenvalue weighted by Gasteiger charge is 2.30. The van der Waals surface area contributed by atoms with Gasteiger partial charge in [0.25, 0.3) is 0 Å². The first-order valence-electron chi connectivity index (χ1n) is 8.32.